The van der Waals surface area contributed by atoms with Crippen molar-refractivity contribution in [1.29, 1.82) is 0 Å². The van der Waals surface area contributed by atoms with Crippen LogP contribution in [-0.2, 0) is 4.74 Å². The van der Waals surface area contributed by atoms with E-state index in [0.717, 1.165) is 55.2 Å². The molecule has 0 amide bonds. The largest absolute Gasteiger partial charge is 0.573 e. The number of ether oxygens (including phenoxy) is 4. The smallest absolute Gasteiger partial charge is 0.493 e. The minimum atomic E-state index is -4.82. The average Bonchev–Trinajstić information content (AvgIpc) is 3.39. The number of pyridine rings is 1. The summed E-state index contributed by atoms with van der Waals surface area (Å²) in [5.41, 5.74) is 5.41. The SMILES string of the molecule is COc1cc(-c2nn(-c3ccc(C)c(C)c3)c3c2cnc2ccc(OC(F)(F)F)cc23)ccc1OCCN1CCOCC1. The summed E-state index contributed by atoms with van der Waals surface area (Å²) >= 11 is 0. The summed E-state index contributed by atoms with van der Waals surface area (Å²) in [4.78, 5) is 6.85. The van der Waals surface area contributed by atoms with E-state index in [1.54, 1.807) is 18.0 Å². The standard InChI is InChI=1S/C32H31F3N4O4/c1-20-4-6-23(16-21(20)2)39-31-25-18-24(43-32(33,34)35)7-8-27(25)36-19-26(31)30(37-39)22-5-9-28(29(17-22)40-3)42-15-12-38-10-13-41-14-11-38/h4-9,16-19H,10-15H2,1-3H3. The van der Waals surface area contributed by atoms with Gasteiger partial charge in [0.2, 0.25) is 0 Å². The van der Waals surface area contributed by atoms with Gasteiger partial charge in [-0.3, -0.25) is 9.88 Å². The number of methoxy groups -OCH3 is 1. The molecule has 0 atom stereocenters. The zero-order valence-electron chi connectivity index (χ0n) is 24.1. The molecule has 1 fully saturated rings. The third kappa shape index (κ3) is 6.09. The first kappa shape index (κ1) is 28.8. The molecule has 11 heteroatoms. The third-order valence-corrected chi connectivity index (χ3v) is 7.65. The maximum atomic E-state index is 13.1. The molecule has 0 aliphatic carbocycles. The molecule has 3 heterocycles. The number of hydrogen-bond acceptors (Lipinski definition) is 7. The first-order valence-corrected chi connectivity index (χ1v) is 14.0. The number of aromatic nitrogens is 3. The van der Waals surface area contributed by atoms with Gasteiger partial charge in [0.25, 0.3) is 0 Å². The summed E-state index contributed by atoms with van der Waals surface area (Å²) in [7, 11) is 1.58. The summed E-state index contributed by atoms with van der Waals surface area (Å²) < 4.78 is 62.5. The van der Waals surface area contributed by atoms with Crippen LogP contribution >= 0.6 is 0 Å². The van der Waals surface area contributed by atoms with Crippen molar-refractivity contribution in [2.45, 2.75) is 20.2 Å². The van der Waals surface area contributed by atoms with Crippen LogP contribution in [0.25, 0.3) is 38.8 Å². The van der Waals surface area contributed by atoms with E-state index in [0.29, 0.717) is 45.6 Å². The van der Waals surface area contributed by atoms with Gasteiger partial charge in [0.15, 0.2) is 11.5 Å². The van der Waals surface area contributed by atoms with Gasteiger partial charge in [-0.05, 0) is 73.5 Å². The van der Waals surface area contributed by atoms with E-state index >= 15 is 0 Å². The molecule has 224 valence electrons. The van der Waals surface area contributed by atoms with Crippen LogP contribution < -0.4 is 14.2 Å². The van der Waals surface area contributed by atoms with Gasteiger partial charge in [0, 0.05) is 42.2 Å². The van der Waals surface area contributed by atoms with Gasteiger partial charge in [-0.1, -0.05) is 6.07 Å². The third-order valence-electron chi connectivity index (χ3n) is 7.65. The van der Waals surface area contributed by atoms with Gasteiger partial charge < -0.3 is 18.9 Å². The van der Waals surface area contributed by atoms with Gasteiger partial charge >= 0.3 is 6.36 Å². The molecule has 1 aliphatic rings. The second kappa shape index (κ2) is 11.7. The fourth-order valence-electron chi connectivity index (χ4n) is 5.26. The molecule has 5 aromatic rings. The highest BCUT2D eigenvalue weighted by Crippen LogP contribution is 2.39. The molecule has 1 aliphatic heterocycles. The van der Waals surface area contributed by atoms with Crippen molar-refractivity contribution in [3.63, 3.8) is 0 Å². The second-order valence-electron chi connectivity index (χ2n) is 10.4. The predicted octanol–water partition coefficient (Wildman–Crippen LogP) is 6.48. The predicted molar refractivity (Wildman–Crippen MR) is 157 cm³/mol. The van der Waals surface area contributed by atoms with Crippen LogP contribution in [-0.4, -0.2) is 72.6 Å². The Labute approximate surface area is 246 Å². The van der Waals surface area contributed by atoms with Crippen LogP contribution in [0.5, 0.6) is 17.2 Å². The Bertz CT molecular complexity index is 1780. The summed E-state index contributed by atoms with van der Waals surface area (Å²) in [6.07, 6.45) is -3.13. The molecule has 0 unspecified atom stereocenters. The number of halogens is 3. The molecule has 8 nitrogen and oxygen atoms in total. The van der Waals surface area contributed by atoms with E-state index in [4.69, 9.17) is 19.3 Å². The van der Waals surface area contributed by atoms with Crippen molar-refractivity contribution in [2.75, 3.05) is 46.6 Å². The number of morpholine rings is 1. The molecule has 2 aromatic heterocycles. The fourth-order valence-corrected chi connectivity index (χ4v) is 5.26. The van der Waals surface area contributed by atoms with Crippen molar-refractivity contribution in [3.8, 4) is 34.2 Å². The van der Waals surface area contributed by atoms with Crippen molar-refractivity contribution in [1.82, 2.24) is 19.7 Å². The molecule has 3 aromatic carbocycles. The first-order valence-electron chi connectivity index (χ1n) is 14.0. The number of nitrogens with zero attached hydrogens (tertiary/aromatic N) is 4. The highest BCUT2D eigenvalue weighted by Gasteiger charge is 2.31. The van der Waals surface area contributed by atoms with Crippen molar-refractivity contribution >= 4 is 21.8 Å². The fraction of sp³-hybridized carbons (Fsp3) is 0.312. The van der Waals surface area contributed by atoms with Crippen molar-refractivity contribution in [3.05, 3.63) is 71.9 Å². The summed E-state index contributed by atoms with van der Waals surface area (Å²) in [6, 6.07) is 15.6. The minimum Gasteiger partial charge on any atom is -0.493 e. The lowest BCUT2D eigenvalue weighted by Crippen LogP contribution is -2.38. The Morgan fingerprint density at radius 2 is 1.72 bits per heavy atom. The van der Waals surface area contributed by atoms with Crippen LogP contribution in [0, 0.1) is 13.8 Å². The molecule has 0 bridgehead atoms. The molecule has 0 radical (unpaired) electrons. The zero-order chi connectivity index (χ0) is 30.1. The molecule has 0 saturated carbocycles. The number of alkyl halides is 3. The highest BCUT2D eigenvalue weighted by atomic mass is 19.4. The lowest BCUT2D eigenvalue weighted by atomic mass is 10.1. The van der Waals surface area contributed by atoms with Crippen LogP contribution in [0.1, 0.15) is 11.1 Å². The summed E-state index contributed by atoms with van der Waals surface area (Å²) in [5, 5.41) is 6.12. The number of aryl methyl sites for hydroxylation is 2. The van der Waals surface area contributed by atoms with E-state index in [9.17, 15) is 13.2 Å². The van der Waals surface area contributed by atoms with Crippen molar-refractivity contribution < 1.29 is 32.1 Å². The van der Waals surface area contributed by atoms with Crippen LogP contribution in [0.15, 0.2) is 60.8 Å². The monoisotopic (exact) mass is 592 g/mol. The molecule has 1 saturated heterocycles. The Hall–Kier alpha value is -4.35. The normalized spacial score (nSPS) is 14.4. The summed E-state index contributed by atoms with van der Waals surface area (Å²) in [5.74, 6) is 0.821. The van der Waals surface area contributed by atoms with Crippen LogP contribution in [0.3, 0.4) is 0 Å². The summed E-state index contributed by atoms with van der Waals surface area (Å²) in [6.45, 7) is 8.50. The topological polar surface area (TPSA) is 70.9 Å². The van der Waals surface area contributed by atoms with Gasteiger partial charge in [-0.25, -0.2) is 4.68 Å². The van der Waals surface area contributed by atoms with Gasteiger partial charge in [-0.15, -0.1) is 13.2 Å². The number of rotatable bonds is 8. The number of hydrogen-bond donors (Lipinski definition) is 0. The van der Waals surface area contributed by atoms with Gasteiger partial charge in [-0.2, -0.15) is 5.10 Å². The number of fused-ring (bicyclic) bond motifs is 3. The van der Waals surface area contributed by atoms with Gasteiger partial charge in [0.05, 0.1) is 37.0 Å². The quantitative estimate of drug-likeness (QED) is 0.204. The maximum absolute atomic E-state index is 13.1. The Morgan fingerprint density at radius 3 is 2.47 bits per heavy atom. The Kier molecular flexibility index (Phi) is 7.85. The van der Waals surface area contributed by atoms with E-state index < -0.39 is 6.36 Å². The zero-order valence-corrected chi connectivity index (χ0v) is 24.1. The van der Waals surface area contributed by atoms with Crippen LogP contribution in [0.4, 0.5) is 13.2 Å². The highest BCUT2D eigenvalue weighted by molar-refractivity contribution is 6.09. The lowest BCUT2D eigenvalue weighted by Gasteiger charge is -2.26. The molecule has 6 rings (SSSR count). The first-order chi connectivity index (χ1) is 20.7. The van der Waals surface area contributed by atoms with Crippen LogP contribution in [0.2, 0.25) is 0 Å². The van der Waals surface area contributed by atoms with E-state index in [2.05, 4.69) is 14.6 Å². The van der Waals surface area contributed by atoms with Crippen molar-refractivity contribution in [2.24, 2.45) is 0 Å². The van der Waals surface area contributed by atoms with Gasteiger partial charge in [0.1, 0.15) is 18.1 Å². The van der Waals surface area contributed by atoms with E-state index in [1.807, 2.05) is 50.2 Å². The molecule has 0 N–H and O–H groups in total. The number of benzene rings is 3. The van der Waals surface area contributed by atoms with E-state index in [1.165, 1.54) is 18.2 Å². The Morgan fingerprint density at radius 1 is 0.907 bits per heavy atom. The minimum absolute atomic E-state index is 0.330. The molecule has 0 spiro atoms. The average molecular weight is 593 g/mol. The Balaban J connectivity index is 1.44. The molecular weight excluding hydrogens is 561 g/mol. The molecular formula is C32H31F3N4O4. The maximum Gasteiger partial charge on any atom is 0.573 e. The van der Waals surface area contributed by atoms with E-state index in [-0.39, 0.29) is 5.75 Å². The lowest BCUT2D eigenvalue weighted by molar-refractivity contribution is -0.274. The molecule has 43 heavy (non-hydrogen) atoms. The second-order valence-corrected chi connectivity index (χ2v) is 10.4.